The van der Waals surface area contributed by atoms with Crippen LogP contribution in [0.1, 0.15) is 82.1 Å². The van der Waals surface area contributed by atoms with Crippen molar-refractivity contribution < 1.29 is 32.9 Å². The van der Waals surface area contributed by atoms with Crippen molar-refractivity contribution in [2.45, 2.75) is 167 Å². The molecule has 4 fully saturated rings. The lowest BCUT2D eigenvalue weighted by Gasteiger charge is -2.39. The second-order valence-corrected chi connectivity index (χ2v) is 26.7. The first kappa shape index (κ1) is 35.4. The van der Waals surface area contributed by atoms with Gasteiger partial charge in [-0.25, -0.2) is 0 Å². The predicted molar refractivity (Wildman–Crippen MR) is 174 cm³/mol. The first-order chi connectivity index (χ1) is 17.9. The molecular weight excluding hydrogens is 655 g/mol. The maximum atomic E-state index is 9.58. The van der Waals surface area contributed by atoms with Gasteiger partial charge in [0.1, 0.15) is 12.2 Å². The third-order valence-corrected chi connectivity index (χ3v) is 20.1. The number of hydrogen-bond donors (Lipinski definition) is 1. The van der Waals surface area contributed by atoms with Gasteiger partial charge in [-0.2, -0.15) is 0 Å². The second kappa shape index (κ2) is 12.0. The van der Waals surface area contributed by atoms with Crippen LogP contribution in [0.4, 0.5) is 0 Å². The molecule has 8 atom stereocenters. The zero-order valence-electron chi connectivity index (χ0n) is 27.7. The lowest BCUT2D eigenvalue weighted by Crippen LogP contribution is -2.46. The Hall–Kier alpha value is 0.884. The normalized spacial score (nSPS) is 37.2. The molecule has 236 valence electrons. The van der Waals surface area contributed by atoms with Crippen molar-refractivity contribution in [3.05, 3.63) is 0 Å². The summed E-state index contributed by atoms with van der Waals surface area (Å²) in [7, 11) is -3.59. The molecule has 4 rings (SSSR count). The summed E-state index contributed by atoms with van der Waals surface area (Å²) in [5.74, 6) is -0.360. The number of alkyl halides is 1. The summed E-state index contributed by atoms with van der Waals surface area (Å²) < 4.78 is 38.5. The topological polar surface area (TPSA) is 75.6 Å². The molecule has 0 aromatic rings. The van der Waals surface area contributed by atoms with Crippen LogP contribution in [-0.2, 0) is 27.8 Å². The van der Waals surface area contributed by atoms with Gasteiger partial charge in [0, 0.05) is 17.0 Å². The largest absolute Gasteiger partial charge is 0.411 e. The number of fused-ring (bicyclic) bond motifs is 2. The van der Waals surface area contributed by atoms with Gasteiger partial charge in [0.2, 0.25) is 0 Å². The number of ether oxygens (including phenoxy) is 4. The molecule has 2 saturated carbocycles. The highest BCUT2D eigenvalue weighted by atomic mass is 127. The van der Waals surface area contributed by atoms with Gasteiger partial charge in [-0.1, -0.05) is 64.1 Å². The van der Waals surface area contributed by atoms with Crippen molar-refractivity contribution in [2.75, 3.05) is 11.0 Å². The van der Waals surface area contributed by atoms with Crippen LogP contribution in [-0.4, -0.2) is 81.0 Å². The van der Waals surface area contributed by atoms with Gasteiger partial charge >= 0.3 is 0 Å². The minimum Gasteiger partial charge on any atom is -0.411 e. The van der Waals surface area contributed by atoms with Crippen LogP contribution < -0.4 is 0 Å². The smallest absolute Gasteiger partial charge is 0.192 e. The van der Waals surface area contributed by atoms with Gasteiger partial charge in [-0.15, -0.1) is 0 Å². The van der Waals surface area contributed by atoms with E-state index in [-0.39, 0.29) is 59.2 Å². The average Bonchev–Trinajstić information content (AvgIpc) is 3.44. The van der Waals surface area contributed by atoms with Gasteiger partial charge in [-0.05, 0) is 82.7 Å². The molecule has 1 N–H and O–H groups in total. The van der Waals surface area contributed by atoms with E-state index in [0.717, 1.165) is 17.3 Å². The van der Waals surface area contributed by atoms with E-state index >= 15 is 0 Å². The molecule has 7 nitrogen and oxygen atoms in total. The van der Waals surface area contributed by atoms with Crippen molar-refractivity contribution in [1.82, 2.24) is 0 Å². The van der Waals surface area contributed by atoms with Gasteiger partial charge in [0.05, 0.1) is 24.4 Å². The fourth-order valence-corrected chi connectivity index (χ4v) is 9.28. The quantitative estimate of drug-likeness (QED) is 0.176. The van der Waals surface area contributed by atoms with Gasteiger partial charge in [-0.3, -0.25) is 0 Å². The molecule has 2 aliphatic heterocycles. The molecule has 2 heterocycles. The van der Waals surface area contributed by atoms with Crippen molar-refractivity contribution in [1.29, 1.82) is 0 Å². The number of hydrogen-bond acceptors (Lipinski definition) is 7. The Morgan fingerprint density at radius 2 is 1.00 bits per heavy atom. The second-order valence-electron chi connectivity index (χ2n) is 16.3. The zero-order chi connectivity index (χ0) is 30.7. The molecule has 0 bridgehead atoms. The molecule has 0 aromatic heterocycles. The van der Waals surface area contributed by atoms with E-state index in [9.17, 15) is 5.11 Å². The van der Waals surface area contributed by atoms with Gasteiger partial charge in [0.15, 0.2) is 28.2 Å². The molecule has 4 aliphatic rings. The standard InChI is InChI=1S/C15H29IO3Si.C15H30O4Si/c2*1-14(2,3)20(6,7)19-11-8-10(9-16)12-13(11)18-15(4,5)17-12/h10-13H,8-9H2,1-7H3;10-13,16H,8-9H2,1-7H3/t2*10-,11+,12-,13+/m11/s1. The fraction of sp³-hybridized carbons (Fsp3) is 1.00. The third-order valence-electron chi connectivity index (χ3n) is 10.00. The molecule has 2 saturated heterocycles. The molecule has 0 radical (unpaired) electrons. The van der Waals surface area contributed by atoms with E-state index < -0.39 is 28.2 Å². The molecule has 10 heteroatoms. The maximum absolute atomic E-state index is 9.58. The Labute approximate surface area is 260 Å². The summed E-state index contributed by atoms with van der Waals surface area (Å²) in [4.78, 5) is 0. The van der Waals surface area contributed by atoms with E-state index in [0.29, 0.717) is 5.92 Å². The lowest BCUT2D eigenvalue weighted by atomic mass is 10.1. The van der Waals surface area contributed by atoms with Crippen molar-refractivity contribution in [2.24, 2.45) is 11.8 Å². The van der Waals surface area contributed by atoms with E-state index in [4.69, 9.17) is 27.8 Å². The number of halogens is 1. The van der Waals surface area contributed by atoms with Crippen LogP contribution in [0.2, 0.25) is 36.3 Å². The summed E-state index contributed by atoms with van der Waals surface area (Å²) >= 11 is 2.46. The molecule has 0 unspecified atom stereocenters. The van der Waals surface area contributed by atoms with Crippen LogP contribution >= 0.6 is 22.6 Å². The molecule has 0 aromatic carbocycles. The number of rotatable bonds is 6. The number of aliphatic hydroxyl groups excluding tert-OH is 1. The minimum atomic E-state index is -1.84. The Balaban J connectivity index is 0.000000220. The van der Waals surface area contributed by atoms with Gasteiger partial charge < -0.3 is 32.9 Å². The van der Waals surface area contributed by atoms with Crippen molar-refractivity contribution in [3.63, 3.8) is 0 Å². The first-order valence-corrected chi connectivity index (χ1v) is 22.5. The highest BCUT2D eigenvalue weighted by molar-refractivity contribution is 14.1. The molecule has 0 spiro atoms. The third kappa shape index (κ3) is 7.75. The molecule has 0 amide bonds. The monoisotopic (exact) mass is 714 g/mol. The minimum absolute atomic E-state index is 0.0373. The van der Waals surface area contributed by atoms with E-state index in [1.54, 1.807) is 0 Å². The summed E-state index contributed by atoms with van der Waals surface area (Å²) in [6.07, 6.45) is 2.37. The Morgan fingerprint density at radius 3 is 1.32 bits per heavy atom. The first-order valence-electron chi connectivity index (χ1n) is 15.2. The SMILES string of the molecule is CC1(C)O[C@@H]2[C@@H](CI)C[C@H](O[Si](C)(C)C(C)(C)C)[C@@H]2O1.CC1(C)O[C@@H]2[C@@H](CO)C[C@H](O[Si](C)(C)C(C)(C)C)[C@@H]2O1. The summed E-state index contributed by atoms with van der Waals surface area (Å²) in [5, 5.41) is 9.99. The summed E-state index contributed by atoms with van der Waals surface area (Å²) in [6, 6.07) is 0. The molecular formula is C30H59IO7Si2. The average molecular weight is 715 g/mol. The highest BCUT2D eigenvalue weighted by Gasteiger charge is 2.57. The zero-order valence-corrected chi connectivity index (χ0v) is 31.9. The highest BCUT2D eigenvalue weighted by Crippen LogP contribution is 2.48. The van der Waals surface area contributed by atoms with Crippen LogP contribution in [0.25, 0.3) is 0 Å². The van der Waals surface area contributed by atoms with Crippen LogP contribution in [0.3, 0.4) is 0 Å². The van der Waals surface area contributed by atoms with Crippen LogP contribution in [0.5, 0.6) is 0 Å². The fourth-order valence-electron chi connectivity index (χ4n) is 5.74. The predicted octanol–water partition coefficient (Wildman–Crippen LogP) is 7.26. The van der Waals surface area contributed by atoms with Crippen LogP contribution in [0.15, 0.2) is 0 Å². The lowest BCUT2D eigenvalue weighted by molar-refractivity contribution is -0.167. The maximum Gasteiger partial charge on any atom is 0.192 e. The van der Waals surface area contributed by atoms with E-state index in [1.807, 2.05) is 27.7 Å². The van der Waals surface area contributed by atoms with Crippen LogP contribution in [0, 0.1) is 11.8 Å². The van der Waals surface area contributed by atoms with Crippen molar-refractivity contribution >= 4 is 39.2 Å². The summed E-state index contributed by atoms with van der Waals surface area (Å²) in [6.45, 7) is 30.8. The molecule has 40 heavy (non-hydrogen) atoms. The summed E-state index contributed by atoms with van der Waals surface area (Å²) in [5.41, 5.74) is 0. The van der Waals surface area contributed by atoms with Gasteiger partial charge in [0.25, 0.3) is 0 Å². The van der Waals surface area contributed by atoms with Crippen molar-refractivity contribution in [3.8, 4) is 0 Å². The Bertz CT molecular complexity index is 797. The van der Waals surface area contributed by atoms with E-state index in [1.165, 1.54) is 0 Å². The Morgan fingerprint density at radius 1 is 0.675 bits per heavy atom. The van der Waals surface area contributed by atoms with E-state index in [2.05, 4.69) is 90.3 Å². The number of aliphatic hydroxyl groups is 1. The Kier molecular flexibility index (Phi) is 10.6. The molecule has 2 aliphatic carbocycles.